The first-order valence-corrected chi connectivity index (χ1v) is 5.98. The smallest absolute Gasteiger partial charge is 0.121 e. The standard InChI is InChI=1S/C14H14ClNO2/c1-9(11-8-10(17)6-7-14(11)18)16-13-5-3-2-4-12(13)15/h2-9,16-18H,1H3. The Balaban J connectivity index is 2.25. The average molecular weight is 264 g/mol. The third-order valence-electron chi connectivity index (χ3n) is 2.72. The van der Waals surface area contributed by atoms with Crippen molar-refractivity contribution in [3.8, 4) is 11.5 Å². The first-order chi connectivity index (χ1) is 8.58. The summed E-state index contributed by atoms with van der Waals surface area (Å²) in [6, 6.07) is 11.7. The van der Waals surface area contributed by atoms with Gasteiger partial charge in [-0.2, -0.15) is 0 Å². The molecule has 0 radical (unpaired) electrons. The molecule has 0 aromatic heterocycles. The second-order valence-electron chi connectivity index (χ2n) is 4.09. The van der Waals surface area contributed by atoms with Gasteiger partial charge in [0.05, 0.1) is 16.8 Å². The zero-order chi connectivity index (χ0) is 13.1. The molecule has 1 unspecified atom stereocenters. The van der Waals surface area contributed by atoms with Crippen molar-refractivity contribution < 1.29 is 10.2 Å². The number of anilines is 1. The summed E-state index contributed by atoms with van der Waals surface area (Å²) in [5.74, 6) is 0.260. The lowest BCUT2D eigenvalue weighted by Crippen LogP contribution is -2.07. The number of hydrogen-bond donors (Lipinski definition) is 3. The Morgan fingerprint density at radius 3 is 2.56 bits per heavy atom. The van der Waals surface area contributed by atoms with Crippen LogP contribution in [0.2, 0.25) is 5.02 Å². The highest BCUT2D eigenvalue weighted by Crippen LogP contribution is 2.31. The molecular formula is C14H14ClNO2. The molecule has 2 rings (SSSR count). The number of aromatic hydroxyl groups is 2. The van der Waals surface area contributed by atoms with E-state index in [9.17, 15) is 10.2 Å². The summed E-state index contributed by atoms with van der Waals surface area (Å²) < 4.78 is 0. The van der Waals surface area contributed by atoms with Crippen molar-refractivity contribution >= 4 is 17.3 Å². The number of phenols is 2. The topological polar surface area (TPSA) is 52.5 Å². The molecule has 2 aromatic carbocycles. The molecule has 0 saturated heterocycles. The molecule has 0 aliphatic heterocycles. The number of benzene rings is 2. The van der Waals surface area contributed by atoms with E-state index in [1.165, 1.54) is 18.2 Å². The quantitative estimate of drug-likeness (QED) is 0.736. The van der Waals surface area contributed by atoms with E-state index < -0.39 is 0 Å². The minimum Gasteiger partial charge on any atom is -0.508 e. The van der Waals surface area contributed by atoms with Crippen LogP contribution in [0.1, 0.15) is 18.5 Å². The van der Waals surface area contributed by atoms with Crippen molar-refractivity contribution in [1.29, 1.82) is 0 Å². The molecular weight excluding hydrogens is 250 g/mol. The summed E-state index contributed by atoms with van der Waals surface area (Å²) in [6.07, 6.45) is 0. The molecule has 0 bridgehead atoms. The monoisotopic (exact) mass is 263 g/mol. The van der Waals surface area contributed by atoms with Crippen LogP contribution in [0.5, 0.6) is 11.5 Å². The molecule has 2 aromatic rings. The van der Waals surface area contributed by atoms with Crippen LogP contribution in [0.3, 0.4) is 0 Å². The number of hydrogen-bond acceptors (Lipinski definition) is 3. The molecule has 0 amide bonds. The molecule has 4 heteroatoms. The highest BCUT2D eigenvalue weighted by atomic mass is 35.5. The SMILES string of the molecule is CC(Nc1ccccc1Cl)c1cc(O)ccc1O. The molecule has 3 N–H and O–H groups in total. The molecule has 0 fully saturated rings. The van der Waals surface area contributed by atoms with Crippen LogP contribution in [0.15, 0.2) is 42.5 Å². The fourth-order valence-corrected chi connectivity index (χ4v) is 1.97. The Hall–Kier alpha value is -1.87. The number of para-hydroxylation sites is 1. The minimum atomic E-state index is -0.169. The summed E-state index contributed by atoms with van der Waals surface area (Å²) >= 11 is 6.05. The third kappa shape index (κ3) is 2.68. The van der Waals surface area contributed by atoms with E-state index in [-0.39, 0.29) is 17.5 Å². The Labute approximate surface area is 111 Å². The second kappa shape index (κ2) is 5.19. The summed E-state index contributed by atoms with van der Waals surface area (Å²) in [6.45, 7) is 1.89. The minimum absolute atomic E-state index is 0.121. The first-order valence-electron chi connectivity index (χ1n) is 5.61. The molecule has 0 heterocycles. The van der Waals surface area contributed by atoms with Crippen molar-refractivity contribution in [3.05, 3.63) is 53.1 Å². The Kier molecular flexibility index (Phi) is 3.63. The zero-order valence-electron chi connectivity index (χ0n) is 9.89. The predicted molar refractivity (Wildman–Crippen MR) is 73.3 cm³/mol. The van der Waals surface area contributed by atoms with E-state index >= 15 is 0 Å². The van der Waals surface area contributed by atoms with Gasteiger partial charge in [-0.05, 0) is 37.3 Å². The Morgan fingerprint density at radius 1 is 1.11 bits per heavy atom. The average Bonchev–Trinajstić information content (AvgIpc) is 2.35. The van der Waals surface area contributed by atoms with Crippen LogP contribution in [-0.4, -0.2) is 10.2 Å². The molecule has 0 spiro atoms. The number of halogens is 1. The Bertz CT molecular complexity index is 557. The van der Waals surface area contributed by atoms with Gasteiger partial charge in [-0.3, -0.25) is 0 Å². The van der Waals surface area contributed by atoms with Crippen LogP contribution < -0.4 is 5.32 Å². The van der Waals surface area contributed by atoms with E-state index in [1.807, 2.05) is 25.1 Å². The molecule has 94 valence electrons. The summed E-state index contributed by atoms with van der Waals surface area (Å²) in [4.78, 5) is 0. The van der Waals surface area contributed by atoms with E-state index in [1.54, 1.807) is 6.07 Å². The number of phenolic OH excluding ortho intramolecular Hbond substituents is 2. The summed E-state index contributed by atoms with van der Waals surface area (Å²) in [7, 11) is 0. The van der Waals surface area contributed by atoms with Crippen LogP contribution in [0.4, 0.5) is 5.69 Å². The lowest BCUT2D eigenvalue weighted by Gasteiger charge is -2.18. The Morgan fingerprint density at radius 2 is 1.83 bits per heavy atom. The maximum absolute atomic E-state index is 9.77. The molecule has 0 saturated carbocycles. The highest BCUT2D eigenvalue weighted by Gasteiger charge is 2.12. The van der Waals surface area contributed by atoms with Gasteiger partial charge in [-0.25, -0.2) is 0 Å². The van der Waals surface area contributed by atoms with Crippen molar-refractivity contribution in [1.82, 2.24) is 0 Å². The van der Waals surface area contributed by atoms with Gasteiger partial charge in [0.15, 0.2) is 0 Å². The van der Waals surface area contributed by atoms with Gasteiger partial charge in [-0.15, -0.1) is 0 Å². The second-order valence-corrected chi connectivity index (χ2v) is 4.50. The van der Waals surface area contributed by atoms with Crippen LogP contribution in [0, 0.1) is 0 Å². The van der Waals surface area contributed by atoms with Crippen molar-refractivity contribution in [3.63, 3.8) is 0 Å². The fourth-order valence-electron chi connectivity index (χ4n) is 1.78. The van der Waals surface area contributed by atoms with Crippen molar-refractivity contribution in [2.24, 2.45) is 0 Å². The zero-order valence-corrected chi connectivity index (χ0v) is 10.6. The van der Waals surface area contributed by atoms with Crippen LogP contribution in [-0.2, 0) is 0 Å². The van der Waals surface area contributed by atoms with Gasteiger partial charge in [0.25, 0.3) is 0 Å². The van der Waals surface area contributed by atoms with Gasteiger partial charge in [-0.1, -0.05) is 23.7 Å². The molecule has 18 heavy (non-hydrogen) atoms. The van der Waals surface area contributed by atoms with Crippen molar-refractivity contribution in [2.45, 2.75) is 13.0 Å². The molecule has 0 aliphatic carbocycles. The lowest BCUT2D eigenvalue weighted by molar-refractivity contribution is 0.451. The van der Waals surface area contributed by atoms with Crippen LogP contribution in [0.25, 0.3) is 0 Å². The van der Waals surface area contributed by atoms with Crippen molar-refractivity contribution in [2.75, 3.05) is 5.32 Å². The predicted octanol–water partition coefficient (Wildman–Crippen LogP) is 3.92. The first kappa shape index (κ1) is 12.6. The number of rotatable bonds is 3. The molecule has 1 atom stereocenters. The summed E-state index contributed by atoms with van der Waals surface area (Å²) in [5, 5.41) is 23.0. The largest absolute Gasteiger partial charge is 0.508 e. The third-order valence-corrected chi connectivity index (χ3v) is 3.05. The van der Waals surface area contributed by atoms with E-state index in [4.69, 9.17) is 11.6 Å². The normalized spacial score (nSPS) is 12.1. The van der Waals surface area contributed by atoms with E-state index in [2.05, 4.69) is 5.32 Å². The maximum atomic E-state index is 9.77. The fraction of sp³-hybridized carbons (Fsp3) is 0.143. The van der Waals surface area contributed by atoms with Gasteiger partial charge in [0.1, 0.15) is 11.5 Å². The lowest BCUT2D eigenvalue weighted by atomic mass is 10.1. The number of nitrogens with one attached hydrogen (secondary N) is 1. The summed E-state index contributed by atoms with van der Waals surface area (Å²) in [5.41, 5.74) is 1.41. The van der Waals surface area contributed by atoms with E-state index in [0.717, 1.165) is 5.69 Å². The van der Waals surface area contributed by atoms with Gasteiger partial charge in [0, 0.05) is 5.56 Å². The van der Waals surface area contributed by atoms with Gasteiger partial charge < -0.3 is 15.5 Å². The highest BCUT2D eigenvalue weighted by molar-refractivity contribution is 6.33. The van der Waals surface area contributed by atoms with E-state index in [0.29, 0.717) is 10.6 Å². The van der Waals surface area contributed by atoms with Gasteiger partial charge >= 0.3 is 0 Å². The molecule has 3 nitrogen and oxygen atoms in total. The molecule has 0 aliphatic rings. The van der Waals surface area contributed by atoms with Gasteiger partial charge in [0.2, 0.25) is 0 Å². The maximum Gasteiger partial charge on any atom is 0.121 e. The van der Waals surface area contributed by atoms with Crippen LogP contribution >= 0.6 is 11.6 Å².